The highest BCUT2D eigenvalue weighted by Crippen LogP contribution is 2.50. The predicted molar refractivity (Wildman–Crippen MR) is 299 cm³/mol. The van der Waals surface area contributed by atoms with E-state index in [0.717, 1.165) is 73.0 Å². The van der Waals surface area contributed by atoms with Crippen LogP contribution in [0.15, 0.2) is 248 Å². The lowest BCUT2D eigenvalue weighted by atomic mass is 9.81. The van der Waals surface area contributed by atoms with E-state index in [-0.39, 0.29) is 5.41 Å². The van der Waals surface area contributed by atoms with Crippen molar-refractivity contribution in [3.05, 3.63) is 271 Å². The standard InChI is InChI=1S/C68H50N2O/c1-45-25-42-67-61(60-21-11-14-24-66(60)71-67)44-69(64-23-13-10-17-54(45)64)51-33-26-46(27-34-51)47-28-35-52(36-29-47)70(65-41-40-55(49-15-5-4-6-16-49)56-18-7-8-20-59(56)65)53-37-30-48(31-38-53)50-32-39-58-57-19-9-12-22-62(57)68(2,3)63(58)43-50/h4-43H,1,44H2,2-3H3/b42-25-. The molecule has 1 aliphatic heterocycles. The summed E-state index contributed by atoms with van der Waals surface area (Å²) < 4.78 is 6.41. The molecule has 2 heterocycles. The van der Waals surface area contributed by atoms with Crippen LogP contribution < -0.4 is 9.80 Å². The summed E-state index contributed by atoms with van der Waals surface area (Å²) in [7, 11) is 0. The van der Waals surface area contributed by atoms with Gasteiger partial charge >= 0.3 is 0 Å². The normalized spacial score (nSPS) is 13.9. The molecule has 0 bridgehead atoms. The number of allylic oxidation sites excluding steroid dienone is 2. The minimum Gasteiger partial charge on any atom is -0.456 e. The van der Waals surface area contributed by atoms with Crippen molar-refractivity contribution >= 4 is 61.8 Å². The Morgan fingerprint density at radius 2 is 1.01 bits per heavy atom. The van der Waals surface area contributed by atoms with Gasteiger partial charge in [-0.2, -0.15) is 0 Å². The third kappa shape index (κ3) is 7.20. The number of rotatable bonds is 7. The maximum absolute atomic E-state index is 6.41. The Morgan fingerprint density at radius 3 is 1.76 bits per heavy atom. The van der Waals surface area contributed by atoms with E-state index >= 15 is 0 Å². The Balaban J connectivity index is 0.868. The Hall–Kier alpha value is -8.92. The van der Waals surface area contributed by atoms with Crippen molar-refractivity contribution in [3.8, 4) is 44.5 Å². The van der Waals surface area contributed by atoms with E-state index in [1.54, 1.807) is 0 Å². The summed E-state index contributed by atoms with van der Waals surface area (Å²) in [6, 6.07) is 83.9. The molecule has 1 aromatic heterocycles. The Labute approximate surface area is 415 Å². The molecule has 0 saturated carbocycles. The lowest BCUT2D eigenvalue weighted by Gasteiger charge is -2.28. The van der Waals surface area contributed by atoms with Gasteiger partial charge in [-0.25, -0.2) is 0 Å². The molecule has 2 aliphatic rings. The maximum atomic E-state index is 6.41. The Bertz CT molecular complexity index is 3880. The molecule has 71 heavy (non-hydrogen) atoms. The number of hydrogen-bond donors (Lipinski definition) is 0. The minimum absolute atomic E-state index is 0.0629. The zero-order valence-corrected chi connectivity index (χ0v) is 39.8. The van der Waals surface area contributed by atoms with Crippen LogP contribution in [-0.2, 0) is 12.0 Å². The van der Waals surface area contributed by atoms with Crippen LogP contribution in [0.25, 0.3) is 77.9 Å². The second-order valence-corrected chi connectivity index (χ2v) is 19.4. The first-order valence-corrected chi connectivity index (χ1v) is 24.5. The molecular weight excluding hydrogens is 861 g/mol. The number of anilines is 5. The number of nitrogens with zero attached hydrogens (tertiary/aromatic N) is 2. The zero-order chi connectivity index (χ0) is 47.6. The van der Waals surface area contributed by atoms with E-state index in [4.69, 9.17) is 4.42 Å². The van der Waals surface area contributed by atoms with Gasteiger partial charge in [0.15, 0.2) is 0 Å². The van der Waals surface area contributed by atoms with E-state index in [1.807, 2.05) is 12.1 Å². The van der Waals surface area contributed by atoms with Crippen molar-refractivity contribution in [1.29, 1.82) is 0 Å². The van der Waals surface area contributed by atoms with Crippen molar-refractivity contribution < 1.29 is 4.42 Å². The maximum Gasteiger partial charge on any atom is 0.135 e. The third-order valence-corrected chi connectivity index (χ3v) is 14.9. The van der Waals surface area contributed by atoms with Crippen LogP contribution in [0, 0.1) is 0 Å². The average molecular weight is 911 g/mol. The number of fused-ring (bicyclic) bond motifs is 8. The fourth-order valence-electron chi connectivity index (χ4n) is 11.2. The fraction of sp³-hybridized carbons (Fsp3) is 0.0588. The van der Waals surface area contributed by atoms with Gasteiger partial charge in [0.1, 0.15) is 11.3 Å². The molecule has 3 heteroatoms. The first-order valence-electron chi connectivity index (χ1n) is 24.5. The molecule has 13 rings (SSSR count). The molecule has 0 N–H and O–H groups in total. The second kappa shape index (κ2) is 16.9. The first-order chi connectivity index (χ1) is 34.9. The van der Waals surface area contributed by atoms with Crippen molar-refractivity contribution in [2.45, 2.75) is 25.8 Å². The van der Waals surface area contributed by atoms with E-state index in [0.29, 0.717) is 6.54 Å². The van der Waals surface area contributed by atoms with Crippen LogP contribution in [0.5, 0.6) is 0 Å². The van der Waals surface area contributed by atoms with Gasteiger partial charge in [0.25, 0.3) is 0 Å². The van der Waals surface area contributed by atoms with Gasteiger partial charge in [-0.1, -0.05) is 196 Å². The van der Waals surface area contributed by atoms with Crippen molar-refractivity contribution in [1.82, 2.24) is 0 Å². The molecule has 0 amide bonds. The highest BCUT2D eigenvalue weighted by Gasteiger charge is 2.35. The quantitative estimate of drug-likeness (QED) is 0.159. The number of para-hydroxylation sites is 2. The highest BCUT2D eigenvalue weighted by atomic mass is 16.3. The van der Waals surface area contributed by atoms with Gasteiger partial charge < -0.3 is 14.2 Å². The van der Waals surface area contributed by atoms with Crippen LogP contribution in [0.2, 0.25) is 0 Å². The third-order valence-electron chi connectivity index (χ3n) is 14.9. The lowest BCUT2D eigenvalue weighted by Crippen LogP contribution is -2.18. The largest absolute Gasteiger partial charge is 0.456 e. The van der Waals surface area contributed by atoms with E-state index in [1.165, 1.54) is 55.3 Å². The predicted octanol–water partition coefficient (Wildman–Crippen LogP) is 18.7. The van der Waals surface area contributed by atoms with Gasteiger partial charge in [0, 0.05) is 50.1 Å². The molecule has 3 nitrogen and oxygen atoms in total. The summed E-state index contributed by atoms with van der Waals surface area (Å²) in [6.45, 7) is 9.82. The summed E-state index contributed by atoms with van der Waals surface area (Å²) in [5.74, 6) is 0.863. The topological polar surface area (TPSA) is 19.6 Å². The monoisotopic (exact) mass is 910 g/mol. The Morgan fingerprint density at radius 1 is 0.451 bits per heavy atom. The van der Waals surface area contributed by atoms with Gasteiger partial charge in [-0.05, 0) is 133 Å². The van der Waals surface area contributed by atoms with E-state index in [2.05, 4.69) is 261 Å². The van der Waals surface area contributed by atoms with Crippen LogP contribution in [0.3, 0.4) is 0 Å². The number of hydrogen-bond acceptors (Lipinski definition) is 3. The van der Waals surface area contributed by atoms with Gasteiger partial charge in [0.2, 0.25) is 0 Å². The Kier molecular flexibility index (Phi) is 10.1. The highest BCUT2D eigenvalue weighted by molar-refractivity contribution is 6.06. The SMILES string of the molecule is C=C1/C=C\c2oc3ccccc3c2CN(c2ccc(-c3ccc(N(c4ccc(-c5ccc6c(c5)C(C)(C)c5ccccc5-6)cc4)c4ccc(-c5ccccc5)c5ccccc45)cc3)cc2)c2ccccc21. The van der Waals surface area contributed by atoms with Crippen LogP contribution in [0.4, 0.5) is 28.4 Å². The molecule has 0 atom stereocenters. The summed E-state index contributed by atoms with van der Waals surface area (Å²) in [5, 5.41) is 3.53. The van der Waals surface area contributed by atoms with Gasteiger partial charge in [-0.3, -0.25) is 0 Å². The van der Waals surface area contributed by atoms with E-state index in [9.17, 15) is 0 Å². The summed E-state index contributed by atoms with van der Waals surface area (Å²) in [6.07, 6.45) is 4.14. The molecule has 10 aromatic carbocycles. The first kappa shape index (κ1) is 42.2. The molecule has 0 fully saturated rings. The molecule has 338 valence electrons. The molecule has 0 radical (unpaired) electrons. The zero-order valence-electron chi connectivity index (χ0n) is 39.8. The van der Waals surface area contributed by atoms with Crippen LogP contribution in [0.1, 0.15) is 41.9 Å². The second-order valence-electron chi connectivity index (χ2n) is 19.4. The number of furan rings is 1. The van der Waals surface area contributed by atoms with Crippen LogP contribution in [-0.4, -0.2) is 0 Å². The smallest absolute Gasteiger partial charge is 0.135 e. The van der Waals surface area contributed by atoms with E-state index < -0.39 is 0 Å². The minimum atomic E-state index is -0.0629. The van der Waals surface area contributed by atoms with Crippen molar-refractivity contribution in [2.75, 3.05) is 9.80 Å². The molecule has 1 aliphatic carbocycles. The molecule has 0 saturated heterocycles. The van der Waals surface area contributed by atoms with Crippen molar-refractivity contribution in [3.63, 3.8) is 0 Å². The molecule has 11 aromatic rings. The molecule has 0 spiro atoms. The summed E-state index contributed by atoms with van der Waals surface area (Å²) in [5.41, 5.74) is 22.1. The molecular formula is C68H50N2O. The van der Waals surface area contributed by atoms with Gasteiger partial charge in [0.05, 0.1) is 12.2 Å². The number of benzene rings is 10. The summed E-state index contributed by atoms with van der Waals surface area (Å²) >= 11 is 0. The average Bonchev–Trinajstić information content (AvgIpc) is 3.91. The van der Waals surface area contributed by atoms with Gasteiger partial charge in [-0.15, -0.1) is 0 Å². The van der Waals surface area contributed by atoms with Crippen LogP contribution >= 0.6 is 0 Å². The van der Waals surface area contributed by atoms with Crippen molar-refractivity contribution in [2.24, 2.45) is 0 Å². The molecule has 0 unspecified atom stereocenters. The summed E-state index contributed by atoms with van der Waals surface area (Å²) in [4.78, 5) is 4.80. The fourth-order valence-corrected chi connectivity index (χ4v) is 11.2. The lowest BCUT2D eigenvalue weighted by molar-refractivity contribution is 0.598.